The van der Waals surface area contributed by atoms with Gasteiger partial charge in [0.05, 0.1) is 24.2 Å². The Balaban J connectivity index is 2.91. The maximum atomic E-state index is 8.67. The molecule has 0 aliphatic rings. The summed E-state index contributed by atoms with van der Waals surface area (Å²) in [4.78, 5) is 0. The predicted octanol–water partition coefficient (Wildman–Crippen LogP) is 1.97. The molecule has 70 valence electrons. The van der Waals surface area contributed by atoms with Crippen LogP contribution in [0.2, 0.25) is 0 Å². The van der Waals surface area contributed by atoms with E-state index in [0.29, 0.717) is 6.54 Å². The molecule has 1 unspecified atom stereocenters. The Morgan fingerprint density at radius 1 is 1.46 bits per heavy atom. The van der Waals surface area contributed by atoms with E-state index in [0.717, 1.165) is 5.69 Å². The number of aromatic nitrogens is 2. The maximum Gasteiger partial charge on any atom is 0.0672 e. The largest absolute Gasteiger partial charge is 0.268 e. The third-order valence-electron chi connectivity index (χ3n) is 2.41. The van der Waals surface area contributed by atoms with E-state index in [1.165, 1.54) is 11.3 Å². The number of hydrogen-bond acceptors (Lipinski definition) is 2. The van der Waals surface area contributed by atoms with Gasteiger partial charge in [0.1, 0.15) is 0 Å². The standard InChI is InChI=1S/C10H15N3/c1-7(5-11)6-13-10(4)8(2)9(3)12-13/h7H,6H2,1-4H3. The van der Waals surface area contributed by atoms with Gasteiger partial charge in [-0.05, 0) is 33.3 Å². The summed E-state index contributed by atoms with van der Waals surface area (Å²) in [5.41, 5.74) is 3.45. The second-order valence-corrected chi connectivity index (χ2v) is 3.51. The summed E-state index contributed by atoms with van der Waals surface area (Å²) in [7, 11) is 0. The zero-order chi connectivity index (χ0) is 10.0. The summed E-state index contributed by atoms with van der Waals surface area (Å²) in [6.07, 6.45) is 0. The van der Waals surface area contributed by atoms with Crippen LogP contribution in [0.5, 0.6) is 0 Å². The summed E-state index contributed by atoms with van der Waals surface area (Å²) >= 11 is 0. The summed E-state index contributed by atoms with van der Waals surface area (Å²) in [6, 6.07) is 2.21. The number of hydrogen-bond donors (Lipinski definition) is 0. The summed E-state index contributed by atoms with van der Waals surface area (Å²) < 4.78 is 1.92. The van der Waals surface area contributed by atoms with Gasteiger partial charge in [-0.2, -0.15) is 10.4 Å². The van der Waals surface area contributed by atoms with Gasteiger partial charge in [-0.25, -0.2) is 0 Å². The first kappa shape index (κ1) is 9.79. The Bertz CT molecular complexity index is 344. The normalized spacial score (nSPS) is 12.5. The molecule has 3 nitrogen and oxygen atoms in total. The number of nitrogens with zero attached hydrogens (tertiary/aromatic N) is 3. The van der Waals surface area contributed by atoms with E-state index in [4.69, 9.17) is 5.26 Å². The molecule has 3 heteroatoms. The molecule has 0 saturated heterocycles. The molecule has 1 aromatic heterocycles. The highest BCUT2D eigenvalue weighted by atomic mass is 15.3. The van der Waals surface area contributed by atoms with Crippen LogP contribution in [0.3, 0.4) is 0 Å². The molecule has 1 heterocycles. The van der Waals surface area contributed by atoms with E-state index in [1.807, 2.05) is 25.5 Å². The molecule has 0 spiro atoms. The van der Waals surface area contributed by atoms with E-state index in [1.54, 1.807) is 0 Å². The van der Waals surface area contributed by atoms with Crippen molar-refractivity contribution in [1.29, 1.82) is 5.26 Å². The van der Waals surface area contributed by atoms with E-state index >= 15 is 0 Å². The molecule has 0 aliphatic heterocycles. The van der Waals surface area contributed by atoms with Gasteiger partial charge in [-0.15, -0.1) is 0 Å². The number of nitriles is 1. The third-order valence-corrected chi connectivity index (χ3v) is 2.41. The molecule has 0 fully saturated rings. The van der Waals surface area contributed by atoms with Crippen molar-refractivity contribution in [3.05, 3.63) is 17.0 Å². The Morgan fingerprint density at radius 2 is 2.08 bits per heavy atom. The Kier molecular flexibility index (Phi) is 2.72. The van der Waals surface area contributed by atoms with Crippen molar-refractivity contribution in [3.8, 4) is 6.07 Å². The van der Waals surface area contributed by atoms with Gasteiger partial charge in [0.15, 0.2) is 0 Å². The summed E-state index contributed by atoms with van der Waals surface area (Å²) in [5.74, 6) is 0.0254. The van der Waals surface area contributed by atoms with Crippen LogP contribution < -0.4 is 0 Å². The molecule has 1 rings (SSSR count). The second kappa shape index (κ2) is 3.61. The average molecular weight is 177 g/mol. The van der Waals surface area contributed by atoms with Gasteiger partial charge in [-0.3, -0.25) is 4.68 Å². The smallest absolute Gasteiger partial charge is 0.0672 e. The van der Waals surface area contributed by atoms with Crippen LogP contribution in [0.1, 0.15) is 23.9 Å². The summed E-state index contributed by atoms with van der Waals surface area (Å²) in [6.45, 7) is 8.70. The number of rotatable bonds is 2. The van der Waals surface area contributed by atoms with Crippen molar-refractivity contribution in [2.75, 3.05) is 0 Å². The Morgan fingerprint density at radius 3 is 2.46 bits per heavy atom. The van der Waals surface area contributed by atoms with Gasteiger partial charge in [0, 0.05) is 5.69 Å². The van der Waals surface area contributed by atoms with E-state index in [9.17, 15) is 0 Å². The fourth-order valence-electron chi connectivity index (χ4n) is 1.26. The second-order valence-electron chi connectivity index (χ2n) is 3.51. The van der Waals surface area contributed by atoms with Crippen molar-refractivity contribution in [3.63, 3.8) is 0 Å². The zero-order valence-corrected chi connectivity index (χ0v) is 8.63. The molecule has 0 radical (unpaired) electrons. The van der Waals surface area contributed by atoms with Crippen LogP contribution in [0.15, 0.2) is 0 Å². The fraction of sp³-hybridized carbons (Fsp3) is 0.600. The van der Waals surface area contributed by atoms with E-state index in [2.05, 4.69) is 18.1 Å². The molecule has 0 bridgehead atoms. The maximum absolute atomic E-state index is 8.67. The van der Waals surface area contributed by atoms with Crippen LogP contribution in [-0.2, 0) is 6.54 Å². The highest BCUT2D eigenvalue weighted by Crippen LogP contribution is 2.12. The highest BCUT2D eigenvalue weighted by molar-refractivity contribution is 5.22. The molecule has 0 amide bonds. The molecule has 13 heavy (non-hydrogen) atoms. The zero-order valence-electron chi connectivity index (χ0n) is 8.63. The minimum absolute atomic E-state index is 0.0254. The molecule has 0 aliphatic carbocycles. The van der Waals surface area contributed by atoms with Gasteiger partial charge in [0.25, 0.3) is 0 Å². The van der Waals surface area contributed by atoms with Crippen molar-refractivity contribution >= 4 is 0 Å². The van der Waals surface area contributed by atoms with Crippen LogP contribution in [0.4, 0.5) is 0 Å². The lowest BCUT2D eigenvalue weighted by Crippen LogP contribution is -2.09. The number of aryl methyl sites for hydroxylation is 1. The molecule has 0 aromatic carbocycles. The Hall–Kier alpha value is -1.30. The SMILES string of the molecule is Cc1nn(CC(C)C#N)c(C)c1C. The van der Waals surface area contributed by atoms with Crippen molar-refractivity contribution in [1.82, 2.24) is 9.78 Å². The lowest BCUT2D eigenvalue weighted by Gasteiger charge is -2.05. The monoisotopic (exact) mass is 177 g/mol. The van der Waals surface area contributed by atoms with Gasteiger partial charge in [-0.1, -0.05) is 0 Å². The van der Waals surface area contributed by atoms with Crippen LogP contribution in [0.25, 0.3) is 0 Å². The molecule has 1 atom stereocenters. The highest BCUT2D eigenvalue weighted by Gasteiger charge is 2.09. The van der Waals surface area contributed by atoms with Gasteiger partial charge < -0.3 is 0 Å². The van der Waals surface area contributed by atoms with Gasteiger partial charge >= 0.3 is 0 Å². The molecular weight excluding hydrogens is 162 g/mol. The topological polar surface area (TPSA) is 41.6 Å². The fourth-order valence-corrected chi connectivity index (χ4v) is 1.26. The van der Waals surface area contributed by atoms with Crippen molar-refractivity contribution in [2.24, 2.45) is 5.92 Å². The molecule has 0 saturated carbocycles. The molecule has 1 aromatic rings. The van der Waals surface area contributed by atoms with Crippen LogP contribution in [-0.4, -0.2) is 9.78 Å². The Labute approximate surface area is 79.0 Å². The lowest BCUT2D eigenvalue weighted by atomic mass is 10.2. The van der Waals surface area contributed by atoms with Crippen molar-refractivity contribution < 1.29 is 0 Å². The van der Waals surface area contributed by atoms with Gasteiger partial charge in [0.2, 0.25) is 0 Å². The van der Waals surface area contributed by atoms with Crippen LogP contribution in [0, 0.1) is 38.0 Å². The molecular formula is C10H15N3. The summed E-state index contributed by atoms with van der Waals surface area (Å²) in [5, 5.41) is 13.0. The first-order valence-electron chi connectivity index (χ1n) is 4.46. The first-order chi connectivity index (χ1) is 6.06. The quantitative estimate of drug-likeness (QED) is 0.693. The predicted molar refractivity (Wildman–Crippen MR) is 51.2 cm³/mol. The van der Waals surface area contributed by atoms with E-state index < -0.39 is 0 Å². The minimum atomic E-state index is 0.0254. The van der Waals surface area contributed by atoms with Crippen LogP contribution >= 0.6 is 0 Å². The molecule has 0 N–H and O–H groups in total. The third kappa shape index (κ3) is 1.89. The van der Waals surface area contributed by atoms with Crippen molar-refractivity contribution in [2.45, 2.75) is 34.2 Å². The minimum Gasteiger partial charge on any atom is -0.268 e. The average Bonchev–Trinajstić information content (AvgIpc) is 2.34. The first-order valence-corrected chi connectivity index (χ1v) is 4.46. The van der Waals surface area contributed by atoms with E-state index in [-0.39, 0.29) is 5.92 Å². The lowest BCUT2D eigenvalue weighted by molar-refractivity contribution is 0.515.